The molecule has 0 N–H and O–H groups in total. The highest BCUT2D eigenvalue weighted by molar-refractivity contribution is 9.10. The normalized spacial score (nSPS) is 16.7. The monoisotopic (exact) mass is 242 g/mol. The SMILES string of the molecule is Brc1cccc(OCC2COC2)c1. The zero-order valence-electron chi connectivity index (χ0n) is 7.20. The van der Waals surface area contributed by atoms with Crippen molar-refractivity contribution in [1.29, 1.82) is 0 Å². The number of halogens is 1. The van der Waals surface area contributed by atoms with Crippen LogP contribution in [0.4, 0.5) is 0 Å². The van der Waals surface area contributed by atoms with E-state index < -0.39 is 0 Å². The Labute approximate surface area is 86.0 Å². The summed E-state index contributed by atoms with van der Waals surface area (Å²) in [6.07, 6.45) is 0. The minimum absolute atomic E-state index is 0.582. The molecule has 0 bridgehead atoms. The van der Waals surface area contributed by atoms with E-state index in [2.05, 4.69) is 15.9 Å². The van der Waals surface area contributed by atoms with E-state index in [1.165, 1.54) is 0 Å². The summed E-state index contributed by atoms with van der Waals surface area (Å²) in [5.74, 6) is 1.50. The number of benzene rings is 1. The summed E-state index contributed by atoms with van der Waals surface area (Å²) in [4.78, 5) is 0. The van der Waals surface area contributed by atoms with Gasteiger partial charge in [0.15, 0.2) is 0 Å². The van der Waals surface area contributed by atoms with Gasteiger partial charge >= 0.3 is 0 Å². The Morgan fingerprint density at radius 2 is 2.31 bits per heavy atom. The Hall–Kier alpha value is -0.540. The maximum Gasteiger partial charge on any atom is 0.120 e. The van der Waals surface area contributed by atoms with Crippen LogP contribution in [0.2, 0.25) is 0 Å². The molecule has 1 aliphatic rings. The summed E-state index contributed by atoms with van der Waals surface area (Å²) >= 11 is 3.40. The predicted octanol–water partition coefficient (Wildman–Crippen LogP) is 2.47. The van der Waals surface area contributed by atoms with Gasteiger partial charge in [0.25, 0.3) is 0 Å². The maximum atomic E-state index is 5.58. The van der Waals surface area contributed by atoms with Crippen molar-refractivity contribution in [3.8, 4) is 5.75 Å². The molecule has 1 aromatic carbocycles. The molecule has 0 unspecified atom stereocenters. The lowest BCUT2D eigenvalue weighted by Crippen LogP contribution is -2.32. The molecule has 70 valence electrons. The van der Waals surface area contributed by atoms with Gasteiger partial charge in [-0.15, -0.1) is 0 Å². The molecule has 3 heteroatoms. The lowest BCUT2D eigenvalue weighted by Gasteiger charge is -2.25. The van der Waals surface area contributed by atoms with Crippen LogP contribution in [-0.4, -0.2) is 19.8 Å². The second-order valence-electron chi connectivity index (χ2n) is 3.17. The highest BCUT2D eigenvalue weighted by Gasteiger charge is 2.18. The van der Waals surface area contributed by atoms with E-state index >= 15 is 0 Å². The van der Waals surface area contributed by atoms with Gasteiger partial charge in [0.05, 0.1) is 19.8 Å². The Kier molecular flexibility index (Phi) is 2.86. The standard InChI is InChI=1S/C10H11BrO2/c11-9-2-1-3-10(4-9)13-7-8-5-12-6-8/h1-4,8H,5-7H2. The average Bonchev–Trinajstić information content (AvgIpc) is 2.01. The molecule has 0 amide bonds. The second-order valence-corrected chi connectivity index (χ2v) is 4.09. The van der Waals surface area contributed by atoms with Gasteiger partial charge < -0.3 is 9.47 Å². The fraction of sp³-hybridized carbons (Fsp3) is 0.400. The quantitative estimate of drug-likeness (QED) is 0.811. The molecule has 0 aliphatic carbocycles. The fourth-order valence-corrected chi connectivity index (χ4v) is 1.53. The van der Waals surface area contributed by atoms with Gasteiger partial charge in [0.2, 0.25) is 0 Å². The highest BCUT2D eigenvalue weighted by Crippen LogP contribution is 2.19. The Bertz CT molecular complexity index is 284. The van der Waals surface area contributed by atoms with Crippen LogP contribution in [0, 0.1) is 5.92 Å². The summed E-state index contributed by atoms with van der Waals surface area (Å²) in [6.45, 7) is 2.44. The van der Waals surface area contributed by atoms with Crippen LogP contribution in [0.5, 0.6) is 5.75 Å². The van der Waals surface area contributed by atoms with Crippen molar-refractivity contribution in [1.82, 2.24) is 0 Å². The Morgan fingerprint density at radius 1 is 1.46 bits per heavy atom. The van der Waals surface area contributed by atoms with Crippen LogP contribution in [-0.2, 0) is 4.74 Å². The van der Waals surface area contributed by atoms with Crippen molar-refractivity contribution in [2.75, 3.05) is 19.8 Å². The van der Waals surface area contributed by atoms with Crippen molar-refractivity contribution in [2.45, 2.75) is 0 Å². The van der Waals surface area contributed by atoms with Crippen molar-refractivity contribution >= 4 is 15.9 Å². The number of rotatable bonds is 3. The number of ether oxygens (including phenoxy) is 2. The van der Waals surface area contributed by atoms with Gasteiger partial charge in [-0.3, -0.25) is 0 Å². The average molecular weight is 243 g/mol. The highest BCUT2D eigenvalue weighted by atomic mass is 79.9. The molecule has 1 saturated heterocycles. The molecular formula is C10H11BrO2. The predicted molar refractivity (Wildman–Crippen MR) is 53.9 cm³/mol. The van der Waals surface area contributed by atoms with E-state index in [1.54, 1.807) is 0 Å². The van der Waals surface area contributed by atoms with E-state index in [9.17, 15) is 0 Å². The summed E-state index contributed by atoms with van der Waals surface area (Å²) in [6, 6.07) is 7.89. The molecule has 1 aliphatic heterocycles. The van der Waals surface area contributed by atoms with E-state index in [0.29, 0.717) is 5.92 Å². The minimum Gasteiger partial charge on any atom is -0.493 e. The third kappa shape index (κ3) is 2.45. The minimum atomic E-state index is 0.582. The lowest BCUT2D eigenvalue weighted by molar-refractivity contribution is -0.0508. The molecule has 13 heavy (non-hydrogen) atoms. The molecule has 2 rings (SSSR count). The van der Waals surface area contributed by atoms with Crippen LogP contribution >= 0.6 is 15.9 Å². The maximum absolute atomic E-state index is 5.58. The van der Waals surface area contributed by atoms with Gasteiger partial charge in [-0.25, -0.2) is 0 Å². The molecule has 0 atom stereocenters. The van der Waals surface area contributed by atoms with Crippen molar-refractivity contribution in [2.24, 2.45) is 5.92 Å². The summed E-state index contributed by atoms with van der Waals surface area (Å²) in [5, 5.41) is 0. The number of hydrogen-bond donors (Lipinski definition) is 0. The van der Waals surface area contributed by atoms with Crippen LogP contribution in [0.25, 0.3) is 0 Å². The van der Waals surface area contributed by atoms with E-state index in [4.69, 9.17) is 9.47 Å². The first-order valence-corrected chi connectivity index (χ1v) is 5.10. The smallest absolute Gasteiger partial charge is 0.120 e. The van der Waals surface area contributed by atoms with Gasteiger partial charge in [-0.1, -0.05) is 22.0 Å². The zero-order chi connectivity index (χ0) is 9.10. The van der Waals surface area contributed by atoms with Gasteiger partial charge in [0, 0.05) is 10.4 Å². The molecule has 0 saturated carbocycles. The van der Waals surface area contributed by atoms with Gasteiger partial charge in [-0.05, 0) is 18.2 Å². The molecule has 1 heterocycles. The molecule has 0 aromatic heterocycles. The van der Waals surface area contributed by atoms with Crippen LogP contribution < -0.4 is 4.74 Å². The Balaban J connectivity index is 1.86. The second kappa shape index (κ2) is 4.11. The van der Waals surface area contributed by atoms with Crippen molar-refractivity contribution < 1.29 is 9.47 Å². The van der Waals surface area contributed by atoms with Gasteiger partial charge in [0.1, 0.15) is 5.75 Å². The molecule has 2 nitrogen and oxygen atoms in total. The third-order valence-electron chi connectivity index (χ3n) is 1.99. The Morgan fingerprint density at radius 3 is 2.92 bits per heavy atom. The fourth-order valence-electron chi connectivity index (χ4n) is 1.15. The first-order valence-electron chi connectivity index (χ1n) is 4.31. The molecular weight excluding hydrogens is 232 g/mol. The topological polar surface area (TPSA) is 18.5 Å². The van der Waals surface area contributed by atoms with E-state index in [0.717, 1.165) is 30.0 Å². The molecule has 0 radical (unpaired) electrons. The van der Waals surface area contributed by atoms with Crippen molar-refractivity contribution in [3.63, 3.8) is 0 Å². The first kappa shape index (κ1) is 9.03. The van der Waals surface area contributed by atoms with E-state index in [1.807, 2.05) is 24.3 Å². The summed E-state index contributed by atoms with van der Waals surface area (Å²) in [7, 11) is 0. The first-order chi connectivity index (χ1) is 6.34. The van der Waals surface area contributed by atoms with E-state index in [-0.39, 0.29) is 0 Å². The van der Waals surface area contributed by atoms with Crippen LogP contribution in [0.3, 0.4) is 0 Å². The molecule has 1 fully saturated rings. The largest absolute Gasteiger partial charge is 0.493 e. The third-order valence-corrected chi connectivity index (χ3v) is 2.48. The number of hydrogen-bond acceptors (Lipinski definition) is 2. The van der Waals surface area contributed by atoms with Crippen molar-refractivity contribution in [3.05, 3.63) is 28.7 Å². The van der Waals surface area contributed by atoms with Crippen LogP contribution in [0.15, 0.2) is 28.7 Å². The zero-order valence-corrected chi connectivity index (χ0v) is 8.79. The molecule has 0 spiro atoms. The van der Waals surface area contributed by atoms with Crippen LogP contribution in [0.1, 0.15) is 0 Å². The van der Waals surface area contributed by atoms with Gasteiger partial charge in [-0.2, -0.15) is 0 Å². The summed E-state index contributed by atoms with van der Waals surface area (Å²) in [5.41, 5.74) is 0. The molecule has 1 aromatic rings. The lowest BCUT2D eigenvalue weighted by atomic mass is 10.1. The summed E-state index contributed by atoms with van der Waals surface area (Å²) < 4.78 is 11.7.